The van der Waals surface area contributed by atoms with E-state index in [-0.39, 0.29) is 24.2 Å². The molecule has 7 heteroatoms. The molecule has 0 aromatic heterocycles. The van der Waals surface area contributed by atoms with Gasteiger partial charge in [-0.1, -0.05) is 18.6 Å². The standard InChI is InChI=1S/C20H25F2NO4/c21-20(22)27-17-5-2-13(3-6-17)7-8-23-18(24)12-26-19(25)11-16-10-14-1-4-15(16)9-14/h2-3,5-6,14-16,20H,1,4,7-12H2,(H,23,24). The maximum absolute atomic E-state index is 12.1. The summed E-state index contributed by atoms with van der Waals surface area (Å²) in [5.74, 6) is 1.34. The molecule has 2 fully saturated rings. The summed E-state index contributed by atoms with van der Waals surface area (Å²) in [5, 5.41) is 2.69. The predicted molar refractivity (Wildman–Crippen MR) is 94.3 cm³/mol. The summed E-state index contributed by atoms with van der Waals surface area (Å²) in [6.07, 6.45) is 5.83. The molecule has 3 rings (SSSR count). The van der Waals surface area contributed by atoms with Crippen molar-refractivity contribution in [2.75, 3.05) is 13.2 Å². The van der Waals surface area contributed by atoms with Gasteiger partial charge in [0.05, 0.1) is 0 Å². The van der Waals surface area contributed by atoms with Crippen molar-refractivity contribution in [1.29, 1.82) is 0 Å². The van der Waals surface area contributed by atoms with Crippen LogP contribution in [0.25, 0.3) is 0 Å². The van der Waals surface area contributed by atoms with E-state index in [4.69, 9.17) is 4.74 Å². The van der Waals surface area contributed by atoms with Gasteiger partial charge in [-0.15, -0.1) is 0 Å². The lowest BCUT2D eigenvalue weighted by atomic mass is 9.86. The molecule has 1 aromatic rings. The molecule has 0 aliphatic heterocycles. The highest BCUT2D eigenvalue weighted by Gasteiger charge is 2.40. The molecule has 0 spiro atoms. The number of halogens is 2. The lowest BCUT2D eigenvalue weighted by Gasteiger charge is -2.20. The van der Waals surface area contributed by atoms with Crippen molar-refractivity contribution in [1.82, 2.24) is 5.32 Å². The molecule has 2 bridgehead atoms. The Hall–Kier alpha value is -2.18. The van der Waals surface area contributed by atoms with Gasteiger partial charge < -0.3 is 14.8 Å². The third kappa shape index (κ3) is 5.91. The number of hydrogen-bond donors (Lipinski definition) is 1. The van der Waals surface area contributed by atoms with E-state index < -0.39 is 6.61 Å². The van der Waals surface area contributed by atoms with Crippen molar-refractivity contribution in [3.63, 3.8) is 0 Å². The Balaban J connectivity index is 1.28. The highest BCUT2D eigenvalue weighted by molar-refractivity contribution is 5.80. The molecule has 1 amide bonds. The number of carbonyl (C=O) groups excluding carboxylic acids is 2. The van der Waals surface area contributed by atoms with Gasteiger partial charge in [0.2, 0.25) is 0 Å². The second kappa shape index (κ2) is 9.15. The Bertz CT molecular complexity index is 650. The summed E-state index contributed by atoms with van der Waals surface area (Å²) in [7, 11) is 0. The van der Waals surface area contributed by atoms with Crippen molar-refractivity contribution in [3.8, 4) is 5.75 Å². The number of amides is 1. The first-order valence-corrected chi connectivity index (χ1v) is 9.45. The van der Waals surface area contributed by atoms with Crippen LogP contribution >= 0.6 is 0 Å². The van der Waals surface area contributed by atoms with E-state index in [0.717, 1.165) is 17.9 Å². The van der Waals surface area contributed by atoms with Gasteiger partial charge >= 0.3 is 12.6 Å². The van der Waals surface area contributed by atoms with E-state index in [1.807, 2.05) is 0 Å². The van der Waals surface area contributed by atoms with Gasteiger partial charge in [-0.3, -0.25) is 9.59 Å². The number of rotatable bonds is 9. The summed E-state index contributed by atoms with van der Waals surface area (Å²) >= 11 is 0. The number of fused-ring (bicyclic) bond motifs is 2. The largest absolute Gasteiger partial charge is 0.456 e. The van der Waals surface area contributed by atoms with E-state index in [9.17, 15) is 18.4 Å². The fourth-order valence-electron chi connectivity index (χ4n) is 4.28. The lowest BCUT2D eigenvalue weighted by molar-refractivity contribution is -0.149. The normalized spacial score (nSPS) is 23.4. The third-order valence-corrected chi connectivity index (χ3v) is 5.56. The highest BCUT2D eigenvalue weighted by atomic mass is 19.3. The molecule has 27 heavy (non-hydrogen) atoms. The average Bonchev–Trinajstić information content (AvgIpc) is 3.24. The van der Waals surface area contributed by atoms with Crippen LogP contribution in [0.3, 0.4) is 0 Å². The van der Waals surface area contributed by atoms with Crippen LogP contribution in [0.15, 0.2) is 24.3 Å². The molecule has 1 N–H and O–H groups in total. The Morgan fingerprint density at radius 3 is 2.56 bits per heavy atom. The van der Waals surface area contributed by atoms with Crippen LogP contribution < -0.4 is 10.1 Å². The van der Waals surface area contributed by atoms with Gasteiger partial charge in [0, 0.05) is 13.0 Å². The van der Waals surface area contributed by atoms with Crippen LogP contribution in [0.2, 0.25) is 0 Å². The van der Waals surface area contributed by atoms with Crippen LogP contribution in [0.1, 0.15) is 37.7 Å². The van der Waals surface area contributed by atoms with Crippen molar-refractivity contribution < 1.29 is 27.8 Å². The van der Waals surface area contributed by atoms with Crippen LogP contribution in [0.4, 0.5) is 8.78 Å². The van der Waals surface area contributed by atoms with Crippen molar-refractivity contribution in [2.24, 2.45) is 17.8 Å². The quantitative estimate of drug-likeness (QED) is 0.667. The first-order chi connectivity index (χ1) is 13.0. The summed E-state index contributed by atoms with van der Waals surface area (Å²) in [6.45, 7) is -2.74. The van der Waals surface area contributed by atoms with Crippen molar-refractivity contribution in [2.45, 2.75) is 45.1 Å². The Kier molecular flexibility index (Phi) is 6.63. The summed E-state index contributed by atoms with van der Waals surface area (Å²) in [4.78, 5) is 23.7. The highest BCUT2D eigenvalue weighted by Crippen LogP contribution is 2.49. The maximum Gasteiger partial charge on any atom is 0.387 e. The van der Waals surface area contributed by atoms with Crippen LogP contribution in [-0.4, -0.2) is 31.6 Å². The monoisotopic (exact) mass is 381 g/mol. The molecular weight excluding hydrogens is 356 g/mol. The zero-order chi connectivity index (χ0) is 19.2. The minimum Gasteiger partial charge on any atom is -0.456 e. The maximum atomic E-state index is 12.1. The number of benzene rings is 1. The summed E-state index contributed by atoms with van der Waals surface area (Å²) in [5.41, 5.74) is 0.880. The predicted octanol–water partition coefficient (Wildman–Crippen LogP) is 3.32. The molecule has 2 aliphatic rings. The molecule has 0 saturated heterocycles. The van der Waals surface area contributed by atoms with Gasteiger partial charge in [-0.05, 0) is 61.1 Å². The second-order valence-corrected chi connectivity index (χ2v) is 7.42. The van der Waals surface area contributed by atoms with Gasteiger partial charge in [-0.2, -0.15) is 8.78 Å². The van der Waals surface area contributed by atoms with E-state index in [1.54, 1.807) is 12.1 Å². The minimum absolute atomic E-state index is 0.0974. The summed E-state index contributed by atoms with van der Waals surface area (Å²) in [6, 6.07) is 6.25. The average molecular weight is 381 g/mol. The molecule has 0 heterocycles. The van der Waals surface area contributed by atoms with E-state index in [2.05, 4.69) is 10.1 Å². The fourth-order valence-corrected chi connectivity index (χ4v) is 4.28. The summed E-state index contributed by atoms with van der Waals surface area (Å²) < 4.78 is 33.5. The molecule has 5 nitrogen and oxygen atoms in total. The molecule has 2 saturated carbocycles. The smallest absolute Gasteiger partial charge is 0.387 e. The lowest BCUT2D eigenvalue weighted by Crippen LogP contribution is -2.31. The topological polar surface area (TPSA) is 64.6 Å². The number of hydrogen-bond acceptors (Lipinski definition) is 4. The van der Waals surface area contributed by atoms with Crippen molar-refractivity contribution in [3.05, 3.63) is 29.8 Å². The Morgan fingerprint density at radius 2 is 1.93 bits per heavy atom. The minimum atomic E-state index is -2.85. The third-order valence-electron chi connectivity index (χ3n) is 5.56. The molecule has 3 atom stereocenters. The van der Waals surface area contributed by atoms with E-state index in [0.29, 0.717) is 31.2 Å². The van der Waals surface area contributed by atoms with E-state index in [1.165, 1.54) is 31.4 Å². The number of carbonyl (C=O) groups is 2. The number of ether oxygens (including phenoxy) is 2. The number of nitrogens with one attached hydrogen (secondary N) is 1. The first kappa shape index (κ1) is 19.6. The number of esters is 1. The molecule has 148 valence electrons. The van der Waals surface area contributed by atoms with Crippen LogP contribution in [0, 0.1) is 17.8 Å². The van der Waals surface area contributed by atoms with Gasteiger partial charge in [0.1, 0.15) is 5.75 Å². The zero-order valence-corrected chi connectivity index (χ0v) is 15.2. The Labute approximate surface area is 157 Å². The van der Waals surface area contributed by atoms with Crippen LogP contribution in [-0.2, 0) is 20.7 Å². The molecular formula is C20H25F2NO4. The second-order valence-electron chi connectivity index (χ2n) is 7.42. The van der Waals surface area contributed by atoms with Gasteiger partial charge in [0.15, 0.2) is 6.61 Å². The van der Waals surface area contributed by atoms with Gasteiger partial charge in [-0.25, -0.2) is 0 Å². The molecule has 3 unspecified atom stereocenters. The fraction of sp³-hybridized carbons (Fsp3) is 0.600. The Morgan fingerprint density at radius 1 is 1.15 bits per heavy atom. The number of alkyl halides is 2. The molecule has 0 radical (unpaired) electrons. The SMILES string of the molecule is O=C(COC(=O)CC1CC2CCC1C2)NCCc1ccc(OC(F)F)cc1. The van der Waals surface area contributed by atoms with Crippen molar-refractivity contribution >= 4 is 11.9 Å². The zero-order valence-electron chi connectivity index (χ0n) is 15.2. The van der Waals surface area contributed by atoms with Crippen LogP contribution in [0.5, 0.6) is 5.75 Å². The molecule has 2 aliphatic carbocycles. The van der Waals surface area contributed by atoms with E-state index >= 15 is 0 Å². The first-order valence-electron chi connectivity index (χ1n) is 9.45. The van der Waals surface area contributed by atoms with Gasteiger partial charge in [0.25, 0.3) is 5.91 Å². The molecule has 1 aromatic carbocycles.